The zero-order chi connectivity index (χ0) is 13.0. The number of phenols is 1. The third-order valence-electron chi connectivity index (χ3n) is 2.59. The molecule has 0 saturated heterocycles. The normalized spacial score (nSPS) is 11.9. The van der Waals surface area contributed by atoms with Crippen molar-refractivity contribution in [1.82, 2.24) is 4.90 Å². The van der Waals surface area contributed by atoms with Gasteiger partial charge in [-0.25, -0.2) is 0 Å². The predicted molar refractivity (Wildman–Crippen MR) is 71.1 cm³/mol. The molecule has 4 nitrogen and oxygen atoms in total. The minimum atomic E-state index is -0.117. The van der Waals surface area contributed by atoms with Crippen molar-refractivity contribution >= 4 is 23.1 Å². The molecule has 1 unspecified atom stereocenters. The maximum absolute atomic E-state index is 12.0. The molecule has 0 aliphatic heterocycles. The van der Waals surface area contributed by atoms with Crippen molar-refractivity contribution in [1.29, 1.82) is 0 Å². The highest BCUT2D eigenvalue weighted by Gasteiger charge is 2.17. The van der Waals surface area contributed by atoms with Crippen molar-refractivity contribution in [3.63, 3.8) is 0 Å². The van der Waals surface area contributed by atoms with Crippen LogP contribution in [0.25, 0.3) is 0 Å². The lowest BCUT2D eigenvalue weighted by molar-refractivity contribution is 0.0748. The first-order valence-electron chi connectivity index (χ1n) is 5.26. The third-order valence-corrected chi connectivity index (χ3v) is 2.76. The molecule has 1 aromatic carbocycles. The van der Waals surface area contributed by atoms with Gasteiger partial charge in [0, 0.05) is 25.1 Å². The SMILES string of the molecule is CC(CC(N)=S)N(C)C(=O)c1ccc(O)cc1. The molecular weight excluding hydrogens is 236 g/mol. The second-order valence-electron chi connectivity index (χ2n) is 3.98. The quantitative estimate of drug-likeness (QED) is 0.797. The smallest absolute Gasteiger partial charge is 0.253 e. The minimum Gasteiger partial charge on any atom is -0.508 e. The molecule has 1 amide bonds. The van der Waals surface area contributed by atoms with Gasteiger partial charge < -0.3 is 15.7 Å². The summed E-state index contributed by atoms with van der Waals surface area (Å²) < 4.78 is 0. The number of phenolic OH excluding ortho intramolecular Hbond substituents is 1. The highest BCUT2D eigenvalue weighted by Crippen LogP contribution is 2.13. The number of rotatable bonds is 4. The Bertz CT molecular complexity index is 417. The summed E-state index contributed by atoms with van der Waals surface area (Å²) in [5.41, 5.74) is 5.98. The number of aromatic hydroxyl groups is 1. The van der Waals surface area contributed by atoms with Crippen LogP contribution in [-0.2, 0) is 0 Å². The van der Waals surface area contributed by atoms with E-state index < -0.39 is 0 Å². The molecule has 0 spiro atoms. The Morgan fingerprint density at radius 3 is 2.47 bits per heavy atom. The van der Waals surface area contributed by atoms with Crippen molar-refractivity contribution in [3.05, 3.63) is 29.8 Å². The lowest BCUT2D eigenvalue weighted by Crippen LogP contribution is -2.37. The largest absolute Gasteiger partial charge is 0.508 e. The summed E-state index contributed by atoms with van der Waals surface area (Å²) in [6.07, 6.45) is 0.496. The minimum absolute atomic E-state index is 0.0474. The van der Waals surface area contributed by atoms with Gasteiger partial charge in [0.1, 0.15) is 5.75 Å². The fourth-order valence-corrected chi connectivity index (χ4v) is 1.68. The summed E-state index contributed by atoms with van der Waals surface area (Å²) in [7, 11) is 1.71. The van der Waals surface area contributed by atoms with Crippen LogP contribution in [0.15, 0.2) is 24.3 Å². The van der Waals surface area contributed by atoms with E-state index in [4.69, 9.17) is 23.1 Å². The van der Waals surface area contributed by atoms with E-state index in [2.05, 4.69) is 0 Å². The van der Waals surface area contributed by atoms with Gasteiger partial charge in [-0.2, -0.15) is 0 Å². The molecule has 0 aromatic heterocycles. The maximum atomic E-state index is 12.0. The molecule has 5 heteroatoms. The third kappa shape index (κ3) is 3.71. The Kier molecular flexibility index (Phi) is 4.45. The average Bonchev–Trinajstić information content (AvgIpc) is 2.27. The first kappa shape index (κ1) is 13.4. The fraction of sp³-hybridized carbons (Fsp3) is 0.333. The number of hydrogen-bond donors (Lipinski definition) is 2. The molecule has 92 valence electrons. The Labute approximate surface area is 106 Å². The van der Waals surface area contributed by atoms with E-state index in [-0.39, 0.29) is 17.7 Å². The van der Waals surface area contributed by atoms with Crippen LogP contribution in [0.1, 0.15) is 23.7 Å². The maximum Gasteiger partial charge on any atom is 0.253 e. The number of benzene rings is 1. The number of hydrogen-bond acceptors (Lipinski definition) is 3. The molecule has 0 aliphatic carbocycles. The standard InChI is InChI=1S/C12H16N2O2S/c1-8(7-11(13)17)14(2)12(16)9-3-5-10(15)6-4-9/h3-6,8,15H,7H2,1-2H3,(H2,13,17). The zero-order valence-corrected chi connectivity index (χ0v) is 10.7. The number of nitrogens with two attached hydrogens (primary N) is 1. The summed E-state index contributed by atoms with van der Waals surface area (Å²) in [4.78, 5) is 14.0. The topological polar surface area (TPSA) is 66.6 Å². The van der Waals surface area contributed by atoms with Gasteiger partial charge in [0.05, 0.1) is 4.99 Å². The van der Waals surface area contributed by atoms with E-state index in [9.17, 15) is 4.79 Å². The van der Waals surface area contributed by atoms with Gasteiger partial charge in [0.2, 0.25) is 0 Å². The first-order valence-corrected chi connectivity index (χ1v) is 5.67. The van der Waals surface area contributed by atoms with Crippen molar-refractivity contribution in [2.24, 2.45) is 5.73 Å². The van der Waals surface area contributed by atoms with Crippen LogP contribution in [0, 0.1) is 0 Å². The van der Waals surface area contributed by atoms with Crippen molar-refractivity contribution < 1.29 is 9.90 Å². The van der Waals surface area contributed by atoms with Crippen molar-refractivity contribution in [3.8, 4) is 5.75 Å². The highest BCUT2D eigenvalue weighted by atomic mass is 32.1. The van der Waals surface area contributed by atoms with Gasteiger partial charge in [-0.05, 0) is 31.2 Å². The van der Waals surface area contributed by atoms with E-state index in [1.807, 2.05) is 6.92 Å². The van der Waals surface area contributed by atoms with E-state index in [0.29, 0.717) is 17.0 Å². The summed E-state index contributed by atoms with van der Waals surface area (Å²) in [6, 6.07) is 6.09. The molecule has 0 radical (unpaired) electrons. The van der Waals surface area contributed by atoms with Gasteiger partial charge in [-0.15, -0.1) is 0 Å². The average molecular weight is 252 g/mol. The van der Waals surface area contributed by atoms with E-state index >= 15 is 0 Å². The zero-order valence-electron chi connectivity index (χ0n) is 9.88. The van der Waals surface area contributed by atoms with Gasteiger partial charge in [0.15, 0.2) is 0 Å². The molecule has 17 heavy (non-hydrogen) atoms. The Balaban J connectivity index is 2.75. The van der Waals surface area contributed by atoms with Crippen LogP contribution in [0.5, 0.6) is 5.75 Å². The van der Waals surface area contributed by atoms with Gasteiger partial charge in [-0.1, -0.05) is 12.2 Å². The molecule has 0 aliphatic rings. The number of carbonyl (C=O) groups excluding carboxylic acids is 1. The molecule has 0 bridgehead atoms. The van der Waals surface area contributed by atoms with Crippen LogP contribution < -0.4 is 5.73 Å². The summed E-state index contributed by atoms with van der Waals surface area (Å²) in [5.74, 6) is 0.0223. The first-order chi connectivity index (χ1) is 7.91. The molecule has 1 rings (SSSR count). The van der Waals surface area contributed by atoms with Crippen LogP contribution in [0.4, 0.5) is 0 Å². The van der Waals surface area contributed by atoms with Crippen LogP contribution in [0.3, 0.4) is 0 Å². The van der Waals surface area contributed by atoms with Crippen molar-refractivity contribution in [2.45, 2.75) is 19.4 Å². The lowest BCUT2D eigenvalue weighted by atomic mass is 10.1. The molecule has 0 heterocycles. The predicted octanol–water partition coefficient (Wildman–Crippen LogP) is 1.53. The molecule has 3 N–H and O–H groups in total. The number of nitrogens with zero attached hydrogens (tertiary/aromatic N) is 1. The van der Waals surface area contributed by atoms with Crippen LogP contribution in [-0.4, -0.2) is 34.0 Å². The van der Waals surface area contributed by atoms with Gasteiger partial charge in [-0.3, -0.25) is 4.79 Å². The Morgan fingerprint density at radius 1 is 1.47 bits per heavy atom. The summed E-state index contributed by atoms with van der Waals surface area (Å²) in [6.45, 7) is 1.89. The second kappa shape index (κ2) is 5.63. The summed E-state index contributed by atoms with van der Waals surface area (Å²) >= 11 is 4.82. The van der Waals surface area contributed by atoms with E-state index in [0.717, 1.165) is 0 Å². The number of carbonyl (C=O) groups is 1. The van der Waals surface area contributed by atoms with E-state index in [1.54, 1.807) is 24.1 Å². The van der Waals surface area contributed by atoms with Crippen LogP contribution >= 0.6 is 12.2 Å². The van der Waals surface area contributed by atoms with Crippen molar-refractivity contribution in [2.75, 3.05) is 7.05 Å². The number of thiocarbonyl (C=S) groups is 1. The molecule has 1 aromatic rings. The molecule has 0 saturated carbocycles. The highest BCUT2D eigenvalue weighted by molar-refractivity contribution is 7.80. The molecule has 1 atom stereocenters. The van der Waals surface area contributed by atoms with Gasteiger partial charge >= 0.3 is 0 Å². The molecular formula is C12H16N2O2S. The fourth-order valence-electron chi connectivity index (χ4n) is 1.44. The van der Waals surface area contributed by atoms with Gasteiger partial charge in [0.25, 0.3) is 5.91 Å². The molecule has 0 fully saturated rings. The monoisotopic (exact) mass is 252 g/mol. The lowest BCUT2D eigenvalue weighted by Gasteiger charge is -2.24. The summed E-state index contributed by atoms with van der Waals surface area (Å²) in [5, 5.41) is 9.15. The second-order valence-corrected chi connectivity index (χ2v) is 4.51. The Hall–Kier alpha value is -1.62. The van der Waals surface area contributed by atoms with Crippen LogP contribution in [0.2, 0.25) is 0 Å². The number of amides is 1. The Morgan fingerprint density at radius 2 is 2.00 bits per heavy atom. The van der Waals surface area contributed by atoms with E-state index in [1.165, 1.54) is 12.1 Å².